The van der Waals surface area contributed by atoms with E-state index in [-0.39, 0.29) is 17.8 Å². The summed E-state index contributed by atoms with van der Waals surface area (Å²) in [6, 6.07) is 0. The van der Waals surface area contributed by atoms with E-state index in [1.54, 1.807) is 0 Å². The van der Waals surface area contributed by atoms with Gasteiger partial charge in [-0.15, -0.1) is 0 Å². The van der Waals surface area contributed by atoms with Gasteiger partial charge in [0.2, 0.25) is 6.29 Å². The third-order valence-electron chi connectivity index (χ3n) is 7.68. The van der Waals surface area contributed by atoms with E-state index in [1.165, 1.54) is 11.1 Å². The molecular weight excluding hydrogens is 380 g/mol. The first-order valence-corrected chi connectivity index (χ1v) is 11.3. The second-order valence-electron chi connectivity index (χ2n) is 10.00. The maximum absolute atomic E-state index is 12.9. The van der Waals surface area contributed by atoms with Gasteiger partial charge in [0.1, 0.15) is 0 Å². The van der Waals surface area contributed by atoms with Crippen molar-refractivity contribution >= 4 is 11.9 Å². The molecule has 0 saturated carbocycles. The van der Waals surface area contributed by atoms with Crippen LogP contribution in [0.25, 0.3) is 0 Å². The van der Waals surface area contributed by atoms with Crippen molar-refractivity contribution in [2.24, 2.45) is 29.1 Å². The maximum atomic E-state index is 12.9. The number of carboxylic acids is 1. The fraction of sp³-hybridized carbons (Fsp3) is 0.680. The molecule has 2 aliphatic carbocycles. The molecule has 0 aromatic rings. The number of rotatable bonds is 2. The summed E-state index contributed by atoms with van der Waals surface area (Å²) in [5.41, 5.74) is 3.04. The normalized spacial score (nSPS) is 39.0. The lowest BCUT2D eigenvalue weighted by molar-refractivity contribution is -0.226. The van der Waals surface area contributed by atoms with Crippen molar-refractivity contribution in [2.45, 2.75) is 79.4 Å². The zero-order chi connectivity index (χ0) is 22.2. The van der Waals surface area contributed by atoms with Crippen molar-refractivity contribution in [3.63, 3.8) is 0 Å². The monoisotopic (exact) mass is 416 g/mol. The molecule has 5 nitrogen and oxygen atoms in total. The maximum Gasteiger partial charge on any atom is 0.335 e. The Morgan fingerprint density at radius 3 is 2.57 bits per heavy atom. The first-order valence-electron chi connectivity index (χ1n) is 11.3. The Labute approximate surface area is 179 Å². The van der Waals surface area contributed by atoms with Crippen LogP contribution in [0.1, 0.15) is 73.1 Å². The molecule has 0 aromatic carbocycles. The van der Waals surface area contributed by atoms with Gasteiger partial charge in [-0.1, -0.05) is 44.1 Å². The molecule has 0 bridgehead atoms. The van der Waals surface area contributed by atoms with E-state index in [9.17, 15) is 19.8 Å². The number of hydrogen-bond acceptors (Lipinski definition) is 4. The predicted molar refractivity (Wildman–Crippen MR) is 115 cm³/mol. The van der Waals surface area contributed by atoms with E-state index in [0.29, 0.717) is 24.3 Å². The molecule has 30 heavy (non-hydrogen) atoms. The molecule has 3 rings (SSSR count). The fourth-order valence-corrected chi connectivity index (χ4v) is 5.65. The number of hydrogen-bond donors (Lipinski definition) is 2. The topological polar surface area (TPSA) is 83.8 Å². The summed E-state index contributed by atoms with van der Waals surface area (Å²) in [7, 11) is 0. The smallest absolute Gasteiger partial charge is 0.335 e. The van der Waals surface area contributed by atoms with Crippen molar-refractivity contribution in [3.05, 3.63) is 34.4 Å². The number of allylic oxidation sites excluding steroid dienone is 4. The van der Waals surface area contributed by atoms with Gasteiger partial charge in [0.25, 0.3) is 0 Å². The van der Waals surface area contributed by atoms with E-state index in [0.717, 1.165) is 31.3 Å². The highest BCUT2D eigenvalue weighted by Crippen LogP contribution is 2.49. The van der Waals surface area contributed by atoms with Crippen molar-refractivity contribution in [3.8, 4) is 0 Å². The fourth-order valence-electron chi connectivity index (χ4n) is 5.65. The van der Waals surface area contributed by atoms with Crippen LogP contribution in [-0.2, 0) is 14.3 Å². The minimum atomic E-state index is -1.16. The Kier molecular flexibility index (Phi) is 6.61. The molecule has 0 aromatic heterocycles. The van der Waals surface area contributed by atoms with Crippen molar-refractivity contribution in [2.75, 3.05) is 0 Å². The van der Waals surface area contributed by atoms with Crippen LogP contribution in [0.5, 0.6) is 0 Å². The average Bonchev–Trinajstić information content (AvgIpc) is 3.01. The number of aliphatic carboxylic acids is 1. The molecule has 2 N–H and O–H groups in total. The molecule has 166 valence electrons. The lowest BCUT2D eigenvalue weighted by atomic mass is 9.62. The molecule has 3 aliphatic rings. The van der Waals surface area contributed by atoms with Crippen LogP contribution in [0.4, 0.5) is 0 Å². The molecule has 5 atom stereocenters. The van der Waals surface area contributed by atoms with Crippen molar-refractivity contribution in [1.29, 1.82) is 0 Å². The summed E-state index contributed by atoms with van der Waals surface area (Å²) in [4.78, 5) is 25.1. The molecule has 0 amide bonds. The van der Waals surface area contributed by atoms with Crippen molar-refractivity contribution < 1.29 is 24.5 Å². The number of esters is 1. The highest BCUT2D eigenvalue weighted by atomic mass is 16.6. The van der Waals surface area contributed by atoms with Crippen LogP contribution in [0.2, 0.25) is 0 Å². The van der Waals surface area contributed by atoms with Gasteiger partial charge in [-0.2, -0.15) is 0 Å². The number of fused-ring (bicyclic) bond motifs is 1. The summed E-state index contributed by atoms with van der Waals surface area (Å²) in [5, 5.41) is 20.6. The zero-order valence-electron chi connectivity index (χ0n) is 18.9. The number of carbonyl (C=O) groups is 2. The van der Waals surface area contributed by atoms with Crippen LogP contribution in [-0.4, -0.2) is 28.4 Å². The lowest BCUT2D eigenvalue weighted by Crippen LogP contribution is -2.53. The average molecular weight is 417 g/mol. The molecule has 0 radical (unpaired) electrons. The number of carboxylic acid groups (broad SMARTS) is 1. The van der Waals surface area contributed by atoms with Crippen LogP contribution in [0.15, 0.2) is 34.4 Å². The number of cyclic esters (lactones) is 1. The van der Waals surface area contributed by atoms with Crippen LogP contribution < -0.4 is 0 Å². The quantitative estimate of drug-likeness (QED) is 0.488. The van der Waals surface area contributed by atoms with E-state index < -0.39 is 23.6 Å². The second-order valence-corrected chi connectivity index (χ2v) is 10.00. The Hall–Kier alpha value is -1.88. The molecule has 5 heteroatoms. The van der Waals surface area contributed by atoms with Crippen LogP contribution in [0.3, 0.4) is 0 Å². The first-order chi connectivity index (χ1) is 14.1. The lowest BCUT2D eigenvalue weighted by Gasteiger charge is -2.47. The Bertz CT molecular complexity index is 802. The molecule has 0 spiro atoms. The predicted octanol–water partition coefficient (Wildman–Crippen LogP) is 5.01. The number of ether oxygens (including phenoxy) is 1. The number of aliphatic hydroxyl groups is 1. The first kappa shape index (κ1) is 22.8. The van der Waals surface area contributed by atoms with E-state index >= 15 is 0 Å². The second kappa shape index (κ2) is 8.70. The third kappa shape index (κ3) is 4.14. The van der Waals surface area contributed by atoms with Gasteiger partial charge in [0.05, 0.1) is 11.0 Å². The minimum Gasteiger partial charge on any atom is -0.478 e. The minimum absolute atomic E-state index is 0.0957. The van der Waals surface area contributed by atoms with E-state index in [2.05, 4.69) is 19.9 Å². The molecule has 1 aliphatic heterocycles. The Balaban J connectivity index is 2.14. The van der Waals surface area contributed by atoms with Gasteiger partial charge in [0, 0.05) is 5.92 Å². The van der Waals surface area contributed by atoms with Gasteiger partial charge >= 0.3 is 11.9 Å². The number of aliphatic hydroxyl groups excluding tert-OH is 1. The molecule has 0 unspecified atom stereocenters. The summed E-state index contributed by atoms with van der Waals surface area (Å²) < 4.78 is 5.39. The van der Waals surface area contributed by atoms with Gasteiger partial charge < -0.3 is 14.9 Å². The molecular formula is C25H36O5. The van der Waals surface area contributed by atoms with Gasteiger partial charge in [0.15, 0.2) is 0 Å². The Morgan fingerprint density at radius 1 is 1.23 bits per heavy atom. The largest absolute Gasteiger partial charge is 0.478 e. The summed E-state index contributed by atoms with van der Waals surface area (Å²) >= 11 is 0. The highest BCUT2D eigenvalue weighted by Gasteiger charge is 2.53. The summed E-state index contributed by atoms with van der Waals surface area (Å²) in [5.74, 6) is -1.24. The molecule has 1 fully saturated rings. The molecule has 1 saturated heterocycles. The van der Waals surface area contributed by atoms with Crippen molar-refractivity contribution in [1.82, 2.24) is 0 Å². The van der Waals surface area contributed by atoms with Gasteiger partial charge in [-0.05, 0) is 75.7 Å². The number of carbonyl (C=O) groups excluding carboxylic acids is 1. The summed E-state index contributed by atoms with van der Waals surface area (Å²) in [6.07, 6.45) is 7.28. The van der Waals surface area contributed by atoms with E-state index in [4.69, 9.17) is 4.74 Å². The third-order valence-corrected chi connectivity index (χ3v) is 7.68. The van der Waals surface area contributed by atoms with E-state index in [1.807, 2.05) is 26.8 Å². The zero-order valence-corrected chi connectivity index (χ0v) is 18.9. The van der Waals surface area contributed by atoms with Crippen LogP contribution in [0, 0.1) is 29.1 Å². The van der Waals surface area contributed by atoms with Crippen LogP contribution >= 0.6 is 0 Å². The van der Waals surface area contributed by atoms with Gasteiger partial charge in [-0.25, -0.2) is 4.79 Å². The SMILES string of the molecule is C/C1=C/C[C@]2(C)C(=O)O[C@@H](O)[C@H](C(C)C)[C@H]2C/C=C(\C(=O)O)C2=C(CC1)[C@@H](C)CC2. The van der Waals surface area contributed by atoms with Gasteiger partial charge in [-0.3, -0.25) is 4.79 Å². The standard InChI is InChI=1S/C25H36O5/c1-14(2)21-20-11-10-19(22(26)27)18-9-7-16(4)17(18)8-6-15(3)12-13-25(20,5)24(29)30-23(21)28/h10,12,14,16,20-21,23,28H,6-9,11,13H2,1-5H3,(H,26,27)/b15-12-,19-10-/t16-,20+,21+,23+,25-/m0/s1. The summed E-state index contributed by atoms with van der Waals surface area (Å²) in [6.45, 7) is 10.2. The Morgan fingerprint density at radius 2 is 1.93 bits per heavy atom. The highest BCUT2D eigenvalue weighted by molar-refractivity contribution is 5.92. The molecule has 1 heterocycles.